The van der Waals surface area contributed by atoms with Crippen LogP contribution < -0.4 is 19.9 Å². The van der Waals surface area contributed by atoms with E-state index < -0.39 is 0 Å². The van der Waals surface area contributed by atoms with Gasteiger partial charge in [-0.15, -0.1) is 0 Å². The summed E-state index contributed by atoms with van der Waals surface area (Å²) >= 11 is 0. The van der Waals surface area contributed by atoms with Gasteiger partial charge in [-0.3, -0.25) is 0 Å². The van der Waals surface area contributed by atoms with Crippen molar-refractivity contribution >= 4 is 0 Å². The molecule has 20 heavy (non-hydrogen) atoms. The van der Waals surface area contributed by atoms with Crippen LogP contribution in [0.1, 0.15) is 18.7 Å². The van der Waals surface area contributed by atoms with Gasteiger partial charge in [0.2, 0.25) is 5.75 Å². The summed E-state index contributed by atoms with van der Waals surface area (Å²) < 4.78 is 17.9. The van der Waals surface area contributed by atoms with E-state index in [1.165, 1.54) is 0 Å². The maximum Gasteiger partial charge on any atom is 0.203 e. The van der Waals surface area contributed by atoms with Crippen LogP contribution in [0.4, 0.5) is 0 Å². The van der Waals surface area contributed by atoms with Gasteiger partial charge in [0, 0.05) is 18.2 Å². The second-order valence-electron chi connectivity index (χ2n) is 4.36. The zero-order valence-electron chi connectivity index (χ0n) is 12.1. The highest BCUT2D eigenvalue weighted by atomic mass is 16.5. The van der Waals surface area contributed by atoms with Gasteiger partial charge in [-0.25, -0.2) is 4.98 Å². The first-order valence-corrected chi connectivity index (χ1v) is 6.20. The summed E-state index contributed by atoms with van der Waals surface area (Å²) in [4.78, 5) is 4.14. The van der Waals surface area contributed by atoms with Gasteiger partial charge in [0.15, 0.2) is 11.5 Å². The molecule has 0 fully saturated rings. The lowest BCUT2D eigenvalue weighted by Crippen LogP contribution is -2.11. The van der Waals surface area contributed by atoms with Crippen LogP contribution >= 0.6 is 0 Å². The molecule has 0 aliphatic heterocycles. The van der Waals surface area contributed by atoms with E-state index in [1.54, 1.807) is 33.9 Å². The van der Waals surface area contributed by atoms with Crippen molar-refractivity contribution in [2.24, 2.45) is 5.73 Å². The molecule has 1 aromatic heterocycles. The van der Waals surface area contributed by atoms with Crippen LogP contribution in [0, 0.1) is 0 Å². The molecule has 0 saturated carbocycles. The molecular formula is C14H19N3O3. The number of benzene rings is 1. The second kappa shape index (κ2) is 5.83. The molecule has 2 N–H and O–H groups in total. The topological polar surface area (TPSA) is 71.5 Å². The summed E-state index contributed by atoms with van der Waals surface area (Å²) in [7, 11) is 4.74. The lowest BCUT2D eigenvalue weighted by molar-refractivity contribution is 0.324. The van der Waals surface area contributed by atoms with Crippen molar-refractivity contribution in [2.45, 2.75) is 13.0 Å². The van der Waals surface area contributed by atoms with E-state index in [2.05, 4.69) is 4.98 Å². The average Bonchev–Trinajstić information content (AvgIpc) is 2.95. The number of nitrogens with two attached hydrogens (primary N) is 1. The van der Waals surface area contributed by atoms with Gasteiger partial charge in [-0.2, -0.15) is 0 Å². The number of hydrogen-bond donors (Lipinski definition) is 1. The first-order valence-electron chi connectivity index (χ1n) is 6.20. The van der Waals surface area contributed by atoms with Crippen LogP contribution in [0.15, 0.2) is 24.7 Å². The van der Waals surface area contributed by atoms with E-state index in [9.17, 15) is 0 Å². The zero-order chi connectivity index (χ0) is 14.7. The molecule has 2 aromatic rings. The van der Waals surface area contributed by atoms with E-state index in [4.69, 9.17) is 19.9 Å². The highest BCUT2D eigenvalue weighted by molar-refractivity contribution is 5.58. The monoisotopic (exact) mass is 277 g/mol. The normalized spacial score (nSPS) is 12.1. The summed E-state index contributed by atoms with van der Waals surface area (Å²) in [5.74, 6) is 1.73. The number of ether oxygens (including phenoxy) is 3. The fourth-order valence-corrected chi connectivity index (χ4v) is 2.06. The van der Waals surface area contributed by atoms with Gasteiger partial charge in [0.25, 0.3) is 0 Å². The number of aromatic nitrogens is 2. The summed E-state index contributed by atoms with van der Waals surface area (Å²) in [6, 6.07) is 3.58. The molecule has 0 radical (unpaired) electrons. The lowest BCUT2D eigenvalue weighted by Gasteiger charge is -2.16. The molecule has 1 heterocycles. The van der Waals surface area contributed by atoms with Crippen molar-refractivity contribution in [3.8, 4) is 22.9 Å². The Hall–Kier alpha value is -2.21. The molecule has 6 nitrogen and oxygen atoms in total. The minimum atomic E-state index is -0.128. The molecule has 2 rings (SSSR count). The first kappa shape index (κ1) is 14.2. The number of nitrogens with zero attached hydrogens (tertiary/aromatic N) is 2. The molecule has 0 aliphatic carbocycles. The van der Waals surface area contributed by atoms with Crippen molar-refractivity contribution in [1.82, 2.24) is 9.55 Å². The van der Waals surface area contributed by atoms with Gasteiger partial charge < -0.3 is 24.5 Å². The van der Waals surface area contributed by atoms with Crippen molar-refractivity contribution in [3.63, 3.8) is 0 Å². The summed E-state index contributed by atoms with van der Waals surface area (Å²) in [6.45, 7) is 1.91. The summed E-state index contributed by atoms with van der Waals surface area (Å²) in [6.07, 6.45) is 3.45. The first-order chi connectivity index (χ1) is 9.62. The summed E-state index contributed by atoms with van der Waals surface area (Å²) in [5.41, 5.74) is 7.70. The Balaban J connectivity index is 2.60. The molecule has 6 heteroatoms. The minimum Gasteiger partial charge on any atom is -0.493 e. The van der Waals surface area contributed by atoms with Crippen LogP contribution in [0.2, 0.25) is 0 Å². The second-order valence-corrected chi connectivity index (χ2v) is 4.36. The molecule has 0 aliphatic rings. The van der Waals surface area contributed by atoms with Crippen LogP contribution in [0.25, 0.3) is 5.69 Å². The van der Waals surface area contributed by atoms with Gasteiger partial charge in [-0.1, -0.05) is 0 Å². The van der Waals surface area contributed by atoms with Gasteiger partial charge in [0.1, 0.15) is 0 Å². The summed E-state index contributed by atoms with van der Waals surface area (Å²) in [5, 5.41) is 0. The Morgan fingerprint density at radius 2 is 1.70 bits per heavy atom. The molecule has 1 aromatic carbocycles. The highest BCUT2D eigenvalue weighted by Crippen LogP contribution is 2.39. The van der Waals surface area contributed by atoms with E-state index >= 15 is 0 Å². The Morgan fingerprint density at radius 1 is 1.10 bits per heavy atom. The number of methoxy groups -OCH3 is 3. The molecule has 1 atom stereocenters. The maximum absolute atomic E-state index is 5.95. The Bertz CT molecular complexity index is 568. The fraction of sp³-hybridized carbons (Fsp3) is 0.357. The molecule has 0 bridgehead atoms. The molecule has 108 valence electrons. The van der Waals surface area contributed by atoms with Crippen molar-refractivity contribution in [1.29, 1.82) is 0 Å². The van der Waals surface area contributed by atoms with Gasteiger partial charge in [0.05, 0.1) is 45.2 Å². The minimum absolute atomic E-state index is 0.128. The molecular weight excluding hydrogens is 258 g/mol. The van der Waals surface area contributed by atoms with E-state index in [0.717, 1.165) is 11.4 Å². The standard InChI is InChI=1S/C14H19N3O3/c1-9(15)11-7-16-8-17(11)10-5-12(18-2)14(20-4)13(6-10)19-3/h5-9H,15H2,1-4H3. The third-order valence-electron chi connectivity index (χ3n) is 3.06. The van der Waals surface area contributed by atoms with Crippen molar-refractivity contribution < 1.29 is 14.2 Å². The SMILES string of the molecule is COc1cc(-n2cncc2C(C)N)cc(OC)c1OC. The molecule has 1 unspecified atom stereocenters. The zero-order valence-corrected chi connectivity index (χ0v) is 12.1. The van der Waals surface area contributed by atoms with Crippen LogP contribution in [-0.2, 0) is 0 Å². The highest BCUT2D eigenvalue weighted by Gasteiger charge is 2.16. The Morgan fingerprint density at radius 3 is 2.15 bits per heavy atom. The van der Waals surface area contributed by atoms with E-state index in [-0.39, 0.29) is 6.04 Å². The number of rotatable bonds is 5. The average molecular weight is 277 g/mol. The van der Waals surface area contributed by atoms with Crippen molar-refractivity contribution in [2.75, 3.05) is 21.3 Å². The molecule has 0 spiro atoms. The van der Waals surface area contributed by atoms with Crippen molar-refractivity contribution in [3.05, 3.63) is 30.4 Å². The smallest absolute Gasteiger partial charge is 0.203 e. The number of hydrogen-bond acceptors (Lipinski definition) is 5. The third-order valence-corrected chi connectivity index (χ3v) is 3.06. The predicted octanol–water partition coefficient (Wildman–Crippen LogP) is 1.92. The Labute approximate surface area is 118 Å². The fourth-order valence-electron chi connectivity index (χ4n) is 2.06. The van der Waals surface area contributed by atoms with Crippen LogP contribution in [-0.4, -0.2) is 30.9 Å². The van der Waals surface area contributed by atoms with Gasteiger partial charge >= 0.3 is 0 Å². The Kier molecular flexibility index (Phi) is 4.14. The number of imidazole rings is 1. The largest absolute Gasteiger partial charge is 0.493 e. The predicted molar refractivity (Wildman–Crippen MR) is 75.8 cm³/mol. The van der Waals surface area contributed by atoms with Crippen LogP contribution in [0.3, 0.4) is 0 Å². The quantitative estimate of drug-likeness (QED) is 0.904. The van der Waals surface area contributed by atoms with E-state index in [1.807, 2.05) is 23.6 Å². The van der Waals surface area contributed by atoms with E-state index in [0.29, 0.717) is 17.2 Å². The lowest BCUT2D eigenvalue weighted by atomic mass is 10.2. The molecule has 0 saturated heterocycles. The van der Waals surface area contributed by atoms with Gasteiger partial charge in [-0.05, 0) is 6.92 Å². The van der Waals surface area contributed by atoms with Crippen LogP contribution in [0.5, 0.6) is 17.2 Å². The molecule has 0 amide bonds. The third kappa shape index (κ3) is 2.42. The maximum atomic E-state index is 5.95.